The maximum Gasteiger partial charge on any atom is 0.338 e. The van der Waals surface area contributed by atoms with Crippen LogP contribution in [0.5, 0.6) is 17.2 Å². The predicted octanol–water partition coefficient (Wildman–Crippen LogP) is 4.41. The van der Waals surface area contributed by atoms with Gasteiger partial charge in [0, 0.05) is 0 Å². The molecule has 0 amide bonds. The minimum absolute atomic E-state index is 0.0500. The summed E-state index contributed by atoms with van der Waals surface area (Å²) in [5.41, 5.74) is 2.05. The van der Waals surface area contributed by atoms with Gasteiger partial charge in [-0.05, 0) is 60.7 Å². The molecule has 0 saturated heterocycles. The maximum atomic E-state index is 13.9. The molecule has 0 saturated carbocycles. The highest BCUT2D eigenvalue weighted by Crippen LogP contribution is 2.32. The van der Waals surface area contributed by atoms with Crippen molar-refractivity contribution in [2.75, 3.05) is 27.4 Å². The van der Waals surface area contributed by atoms with Crippen molar-refractivity contribution < 1.29 is 23.7 Å². The van der Waals surface area contributed by atoms with Gasteiger partial charge in [0.1, 0.15) is 12.4 Å². The summed E-state index contributed by atoms with van der Waals surface area (Å²) >= 11 is 1.26. The number of thiazole rings is 1. The summed E-state index contributed by atoms with van der Waals surface area (Å²) in [6, 6.07) is 12.1. The number of esters is 1. The zero-order chi connectivity index (χ0) is 28.8. The lowest BCUT2D eigenvalue weighted by atomic mass is 9.96. The van der Waals surface area contributed by atoms with Crippen molar-refractivity contribution in [3.8, 4) is 17.2 Å². The third kappa shape index (κ3) is 6.20. The lowest BCUT2D eigenvalue weighted by Gasteiger charge is -2.24. The predicted molar refractivity (Wildman–Crippen MR) is 156 cm³/mol. The highest BCUT2D eigenvalue weighted by Gasteiger charge is 2.33. The van der Waals surface area contributed by atoms with E-state index in [4.69, 9.17) is 18.9 Å². The number of hydrogen-bond acceptors (Lipinski definition) is 8. The molecule has 0 fully saturated rings. The second-order valence-electron chi connectivity index (χ2n) is 9.68. The Hall–Kier alpha value is -4.11. The third-order valence-electron chi connectivity index (χ3n) is 6.44. The molecule has 1 aromatic heterocycles. The van der Waals surface area contributed by atoms with Crippen LogP contribution in [0, 0.1) is 5.92 Å². The van der Waals surface area contributed by atoms with E-state index in [2.05, 4.69) is 25.4 Å². The van der Waals surface area contributed by atoms with Crippen LogP contribution >= 0.6 is 11.3 Å². The molecule has 1 aliphatic heterocycles. The Morgan fingerprint density at radius 1 is 1.12 bits per heavy atom. The van der Waals surface area contributed by atoms with Gasteiger partial charge in [0.15, 0.2) is 16.3 Å². The number of aromatic nitrogens is 1. The standard InChI is InChI=1S/C31H34N2O6S/c1-7-15-39-30(35)27-20(4)32-31-33(28(27)22-9-11-23(36-5)12-10-22)29(34)26(40-31)18-21-8-13-24(25(17-21)37-6)38-16-14-19(2)3/h7-13,17-19,28H,1,14-16H2,2-6H3/b26-18+/t28-/m0/s1. The van der Waals surface area contributed by atoms with Crippen molar-refractivity contribution >= 4 is 23.4 Å². The van der Waals surface area contributed by atoms with E-state index in [1.165, 1.54) is 17.4 Å². The van der Waals surface area contributed by atoms with Gasteiger partial charge in [0.25, 0.3) is 5.56 Å². The van der Waals surface area contributed by atoms with Crippen molar-refractivity contribution in [3.05, 3.63) is 97.2 Å². The monoisotopic (exact) mass is 562 g/mol. The molecular formula is C31H34N2O6S. The van der Waals surface area contributed by atoms with E-state index in [1.54, 1.807) is 43.9 Å². The Labute approximate surface area is 237 Å². The second-order valence-corrected chi connectivity index (χ2v) is 10.7. The first-order valence-corrected chi connectivity index (χ1v) is 13.8. The van der Waals surface area contributed by atoms with Crippen LogP contribution in [-0.4, -0.2) is 38.0 Å². The number of nitrogens with zero attached hydrogens (tertiary/aromatic N) is 2. The van der Waals surface area contributed by atoms with Gasteiger partial charge in [0.05, 0.1) is 42.7 Å². The topological polar surface area (TPSA) is 88.4 Å². The smallest absolute Gasteiger partial charge is 0.338 e. The van der Waals surface area contributed by atoms with E-state index >= 15 is 0 Å². The summed E-state index contributed by atoms with van der Waals surface area (Å²) in [4.78, 5) is 32.1. The molecule has 0 spiro atoms. The van der Waals surface area contributed by atoms with E-state index in [0.29, 0.717) is 50.4 Å². The van der Waals surface area contributed by atoms with Crippen LogP contribution in [0.25, 0.3) is 6.08 Å². The highest BCUT2D eigenvalue weighted by atomic mass is 32.1. The molecular weight excluding hydrogens is 528 g/mol. The number of methoxy groups -OCH3 is 2. The quantitative estimate of drug-likeness (QED) is 0.254. The number of fused-ring (bicyclic) bond motifs is 1. The van der Waals surface area contributed by atoms with Crippen molar-refractivity contribution in [2.24, 2.45) is 10.9 Å². The first-order chi connectivity index (χ1) is 19.3. The summed E-state index contributed by atoms with van der Waals surface area (Å²) in [5, 5.41) is 0. The number of carbonyl (C=O) groups is 1. The van der Waals surface area contributed by atoms with Crippen molar-refractivity contribution in [3.63, 3.8) is 0 Å². The minimum Gasteiger partial charge on any atom is -0.497 e. The van der Waals surface area contributed by atoms with Gasteiger partial charge in [-0.1, -0.05) is 56.0 Å². The molecule has 2 aromatic carbocycles. The molecule has 2 heterocycles. The maximum absolute atomic E-state index is 13.9. The summed E-state index contributed by atoms with van der Waals surface area (Å²) in [5.74, 6) is 1.89. The van der Waals surface area contributed by atoms with Gasteiger partial charge >= 0.3 is 5.97 Å². The Morgan fingerprint density at radius 3 is 2.52 bits per heavy atom. The summed E-state index contributed by atoms with van der Waals surface area (Å²) in [6.07, 6.45) is 4.23. The van der Waals surface area contributed by atoms with Gasteiger partial charge in [-0.2, -0.15) is 0 Å². The van der Waals surface area contributed by atoms with Crippen LogP contribution in [0.3, 0.4) is 0 Å². The third-order valence-corrected chi connectivity index (χ3v) is 7.43. The number of rotatable bonds is 11. The normalized spacial score (nSPS) is 14.9. The second kappa shape index (κ2) is 12.8. The minimum atomic E-state index is -0.715. The number of allylic oxidation sites excluding steroid dienone is 1. The number of carbonyl (C=O) groups excluding carboxylic acids is 1. The van der Waals surface area contributed by atoms with Crippen LogP contribution in [0.15, 0.2) is 76.2 Å². The summed E-state index contributed by atoms with van der Waals surface area (Å²) in [6.45, 7) is 10.3. The first-order valence-electron chi connectivity index (χ1n) is 13.0. The average molecular weight is 563 g/mol. The van der Waals surface area contributed by atoms with Gasteiger partial charge in [0.2, 0.25) is 0 Å². The van der Waals surface area contributed by atoms with E-state index in [9.17, 15) is 9.59 Å². The fourth-order valence-corrected chi connectivity index (χ4v) is 5.39. The molecule has 0 aliphatic carbocycles. The molecule has 0 unspecified atom stereocenters. The molecule has 8 nitrogen and oxygen atoms in total. The van der Waals surface area contributed by atoms with Crippen LogP contribution in [0.4, 0.5) is 0 Å². The van der Waals surface area contributed by atoms with Crippen molar-refractivity contribution in [1.82, 2.24) is 4.57 Å². The summed E-state index contributed by atoms with van der Waals surface area (Å²) in [7, 11) is 3.17. The van der Waals surface area contributed by atoms with Gasteiger partial charge in [-0.3, -0.25) is 9.36 Å². The lowest BCUT2D eigenvalue weighted by molar-refractivity contribution is -0.138. The molecule has 1 aliphatic rings. The molecule has 1 atom stereocenters. The molecule has 0 bridgehead atoms. The first kappa shape index (κ1) is 28.9. The lowest BCUT2D eigenvalue weighted by Crippen LogP contribution is -2.39. The Morgan fingerprint density at radius 2 is 1.88 bits per heavy atom. The van der Waals surface area contributed by atoms with Crippen LogP contribution < -0.4 is 29.1 Å². The molecule has 0 N–H and O–H groups in total. The number of ether oxygens (including phenoxy) is 4. The largest absolute Gasteiger partial charge is 0.497 e. The van der Waals surface area contributed by atoms with Gasteiger partial charge in [-0.15, -0.1) is 0 Å². The Bertz CT molecular complexity index is 1600. The van der Waals surface area contributed by atoms with Crippen LogP contribution in [-0.2, 0) is 9.53 Å². The molecule has 4 rings (SSSR count). The fourth-order valence-electron chi connectivity index (χ4n) is 4.35. The molecule has 3 aromatic rings. The Kier molecular flexibility index (Phi) is 9.26. The molecule has 40 heavy (non-hydrogen) atoms. The Balaban J connectivity index is 1.80. The van der Waals surface area contributed by atoms with Crippen LogP contribution in [0.1, 0.15) is 44.4 Å². The molecule has 0 radical (unpaired) electrons. The number of hydrogen-bond donors (Lipinski definition) is 0. The molecule has 9 heteroatoms. The number of benzene rings is 2. The van der Waals surface area contributed by atoms with Crippen molar-refractivity contribution in [1.29, 1.82) is 0 Å². The fraction of sp³-hybridized carbons (Fsp3) is 0.323. The van der Waals surface area contributed by atoms with Gasteiger partial charge < -0.3 is 18.9 Å². The zero-order valence-corrected chi connectivity index (χ0v) is 24.2. The van der Waals surface area contributed by atoms with E-state index in [1.807, 2.05) is 30.3 Å². The highest BCUT2D eigenvalue weighted by molar-refractivity contribution is 7.07. The molecule has 210 valence electrons. The van der Waals surface area contributed by atoms with Crippen LogP contribution in [0.2, 0.25) is 0 Å². The zero-order valence-electron chi connectivity index (χ0n) is 23.4. The van der Waals surface area contributed by atoms with Crippen molar-refractivity contribution in [2.45, 2.75) is 33.2 Å². The summed E-state index contributed by atoms with van der Waals surface area (Å²) < 4.78 is 24.2. The van der Waals surface area contributed by atoms with E-state index < -0.39 is 12.0 Å². The van der Waals surface area contributed by atoms with E-state index in [-0.39, 0.29) is 12.2 Å². The van der Waals surface area contributed by atoms with Gasteiger partial charge in [-0.25, -0.2) is 9.79 Å². The SMILES string of the molecule is C=CCOC(=O)C1=C(C)N=c2s/c(=C/c3ccc(OCCC(C)C)c(OC)c3)c(=O)n2[C@H]1c1ccc(OC)cc1. The average Bonchev–Trinajstić information content (AvgIpc) is 3.25. The van der Waals surface area contributed by atoms with E-state index in [0.717, 1.165) is 17.5 Å².